The maximum absolute atomic E-state index is 9.19. The van der Waals surface area contributed by atoms with Crippen LogP contribution in [0.4, 0.5) is 0 Å². The van der Waals surface area contributed by atoms with Crippen LogP contribution in [-0.4, -0.2) is 5.11 Å². The van der Waals surface area contributed by atoms with Crippen LogP contribution in [0.15, 0.2) is 18.2 Å². The van der Waals surface area contributed by atoms with Gasteiger partial charge >= 0.3 is 0 Å². The normalized spacial score (nSPS) is 10.0. The summed E-state index contributed by atoms with van der Waals surface area (Å²) < 4.78 is 0. The van der Waals surface area contributed by atoms with Gasteiger partial charge in [0.05, 0.1) is 0 Å². The molecule has 0 aliphatic heterocycles. The maximum atomic E-state index is 9.19. The van der Waals surface area contributed by atoms with Gasteiger partial charge in [0.2, 0.25) is 0 Å². The highest BCUT2D eigenvalue weighted by atomic mass is 31.0. The number of nitrogens with one attached hydrogen (secondary N) is 1. The number of rotatable bonds is 2. The summed E-state index contributed by atoms with van der Waals surface area (Å²) in [6.45, 7) is 2.70. The summed E-state index contributed by atoms with van der Waals surface area (Å²) >= 11 is 0. The van der Waals surface area contributed by atoms with Crippen LogP contribution in [0.25, 0.3) is 0 Å². The van der Waals surface area contributed by atoms with Crippen LogP contribution in [0.5, 0.6) is 5.75 Å². The second-order valence-electron chi connectivity index (χ2n) is 2.50. The number of hydrogen-bond acceptors (Lipinski definition) is 2. The van der Waals surface area contributed by atoms with E-state index < -0.39 is 0 Å². The van der Waals surface area contributed by atoms with Gasteiger partial charge in [-0.15, -0.1) is 0 Å². The van der Waals surface area contributed by atoms with E-state index in [2.05, 4.69) is 14.5 Å². The highest BCUT2D eigenvalue weighted by Crippen LogP contribution is 2.16. The van der Waals surface area contributed by atoms with Crippen molar-refractivity contribution in [3.8, 4) is 5.75 Å². The van der Waals surface area contributed by atoms with Crippen LogP contribution in [0.1, 0.15) is 11.1 Å². The second kappa shape index (κ2) is 3.70. The molecule has 0 fully saturated rings. The average molecular weight is 169 g/mol. The zero-order chi connectivity index (χ0) is 8.27. The Morgan fingerprint density at radius 1 is 1.55 bits per heavy atom. The number of benzene rings is 1. The van der Waals surface area contributed by atoms with Crippen LogP contribution in [0.2, 0.25) is 0 Å². The van der Waals surface area contributed by atoms with Crippen molar-refractivity contribution in [3.05, 3.63) is 29.3 Å². The zero-order valence-corrected chi connectivity index (χ0v) is 7.62. The predicted octanol–water partition coefficient (Wildman–Crippen LogP) is 1.58. The summed E-state index contributed by atoms with van der Waals surface area (Å²) in [6, 6.07) is 5.58. The first kappa shape index (κ1) is 8.51. The number of phenolic OH excluding ortho intramolecular Hbond substituents is 1. The Morgan fingerprint density at radius 2 is 2.27 bits per heavy atom. The van der Waals surface area contributed by atoms with E-state index in [4.69, 9.17) is 0 Å². The number of aromatic hydroxyl groups is 1. The molecule has 0 saturated carbocycles. The van der Waals surface area contributed by atoms with Gasteiger partial charge in [-0.05, 0) is 24.1 Å². The molecule has 0 spiro atoms. The minimum absolute atomic E-state index is 0.359. The van der Waals surface area contributed by atoms with Gasteiger partial charge in [0.25, 0.3) is 0 Å². The van der Waals surface area contributed by atoms with Crippen LogP contribution in [0.3, 0.4) is 0 Å². The summed E-state index contributed by atoms with van der Waals surface area (Å²) in [4.78, 5) is 0. The molecule has 0 saturated heterocycles. The molecular formula is C8H12NOP. The van der Waals surface area contributed by atoms with E-state index in [9.17, 15) is 5.11 Å². The molecule has 3 heteroatoms. The van der Waals surface area contributed by atoms with Gasteiger partial charge in [0.15, 0.2) is 0 Å². The molecule has 1 atom stereocenters. The van der Waals surface area contributed by atoms with Gasteiger partial charge in [0, 0.05) is 6.54 Å². The lowest BCUT2D eigenvalue weighted by Gasteiger charge is -2.02. The molecule has 0 heterocycles. The molecule has 1 unspecified atom stereocenters. The van der Waals surface area contributed by atoms with Gasteiger partial charge in [-0.25, -0.2) is 0 Å². The lowest BCUT2D eigenvalue weighted by Crippen LogP contribution is -1.97. The smallest absolute Gasteiger partial charge is 0.118 e. The monoisotopic (exact) mass is 169 g/mol. The molecule has 1 rings (SSSR count). The molecule has 2 nitrogen and oxygen atoms in total. The summed E-state index contributed by atoms with van der Waals surface area (Å²) in [5.74, 6) is 0.359. The van der Waals surface area contributed by atoms with Crippen molar-refractivity contribution in [3.63, 3.8) is 0 Å². The van der Waals surface area contributed by atoms with E-state index in [-0.39, 0.29) is 0 Å². The standard InChI is InChI=1S/C8H12NOP/c1-6-4-7(5-9-11)2-3-8(6)10/h2-4,9-10H,5,11H2,1H3. The Balaban J connectivity index is 2.86. The predicted molar refractivity (Wildman–Crippen MR) is 49.4 cm³/mol. The van der Waals surface area contributed by atoms with E-state index in [1.165, 1.54) is 5.56 Å². The molecule has 2 N–H and O–H groups in total. The SMILES string of the molecule is Cc1cc(CNP)ccc1O. The lowest BCUT2D eigenvalue weighted by molar-refractivity contribution is 0.471. The van der Waals surface area contributed by atoms with Crippen LogP contribution in [-0.2, 0) is 6.54 Å². The van der Waals surface area contributed by atoms with Gasteiger partial charge in [0.1, 0.15) is 5.75 Å². The van der Waals surface area contributed by atoms with E-state index in [0.29, 0.717) is 5.75 Å². The third kappa shape index (κ3) is 2.18. The molecule has 0 amide bonds. The van der Waals surface area contributed by atoms with Crippen molar-refractivity contribution in [2.24, 2.45) is 0 Å². The van der Waals surface area contributed by atoms with Crippen LogP contribution >= 0.6 is 9.39 Å². The van der Waals surface area contributed by atoms with Gasteiger partial charge < -0.3 is 5.11 Å². The fraction of sp³-hybridized carbons (Fsp3) is 0.250. The minimum atomic E-state index is 0.359. The average Bonchev–Trinajstić information content (AvgIpc) is 1.98. The quantitative estimate of drug-likeness (QED) is 0.659. The molecule has 0 aromatic heterocycles. The van der Waals surface area contributed by atoms with E-state index in [0.717, 1.165) is 12.1 Å². The van der Waals surface area contributed by atoms with Crippen molar-refractivity contribution < 1.29 is 5.11 Å². The maximum Gasteiger partial charge on any atom is 0.118 e. The highest BCUT2D eigenvalue weighted by Gasteiger charge is 1.95. The minimum Gasteiger partial charge on any atom is -0.508 e. The third-order valence-corrected chi connectivity index (χ3v) is 1.77. The molecule has 11 heavy (non-hydrogen) atoms. The first-order valence-electron chi connectivity index (χ1n) is 3.46. The second-order valence-corrected chi connectivity index (χ2v) is 2.91. The number of aryl methyl sites for hydroxylation is 1. The molecule has 0 radical (unpaired) electrons. The Hall–Kier alpha value is -0.590. The Kier molecular flexibility index (Phi) is 2.86. The Morgan fingerprint density at radius 3 is 2.82 bits per heavy atom. The number of hydrogen-bond donors (Lipinski definition) is 2. The van der Waals surface area contributed by atoms with Crippen molar-refractivity contribution in [2.45, 2.75) is 13.5 Å². The van der Waals surface area contributed by atoms with Crippen molar-refractivity contribution in [1.82, 2.24) is 5.09 Å². The first-order valence-corrected chi connectivity index (χ1v) is 4.03. The Bertz CT molecular complexity index is 250. The first-order chi connectivity index (χ1) is 5.24. The molecule has 1 aromatic carbocycles. The van der Waals surface area contributed by atoms with E-state index in [1.54, 1.807) is 6.07 Å². The van der Waals surface area contributed by atoms with Crippen molar-refractivity contribution in [1.29, 1.82) is 0 Å². The summed E-state index contributed by atoms with van der Waals surface area (Å²) in [6.07, 6.45) is 0. The largest absolute Gasteiger partial charge is 0.508 e. The van der Waals surface area contributed by atoms with Crippen LogP contribution < -0.4 is 5.09 Å². The molecule has 1 aromatic rings. The molecule has 0 aliphatic rings. The van der Waals surface area contributed by atoms with E-state index in [1.807, 2.05) is 19.1 Å². The fourth-order valence-electron chi connectivity index (χ4n) is 0.945. The molecule has 0 bridgehead atoms. The summed E-state index contributed by atoms with van der Waals surface area (Å²) in [5.41, 5.74) is 2.10. The Labute approximate surface area is 68.9 Å². The topological polar surface area (TPSA) is 32.3 Å². The highest BCUT2D eigenvalue weighted by molar-refractivity contribution is 7.13. The van der Waals surface area contributed by atoms with Crippen molar-refractivity contribution >= 4 is 9.39 Å². The summed E-state index contributed by atoms with van der Waals surface area (Å²) in [5, 5.41) is 12.2. The molecular weight excluding hydrogens is 157 g/mol. The zero-order valence-electron chi connectivity index (χ0n) is 6.46. The van der Waals surface area contributed by atoms with Gasteiger partial charge in [-0.2, -0.15) is 0 Å². The van der Waals surface area contributed by atoms with Gasteiger partial charge in [-0.3, -0.25) is 5.09 Å². The van der Waals surface area contributed by atoms with Crippen molar-refractivity contribution in [2.75, 3.05) is 0 Å². The fourth-order valence-corrected chi connectivity index (χ4v) is 1.18. The summed E-state index contributed by atoms with van der Waals surface area (Å²) in [7, 11) is 2.44. The third-order valence-electron chi connectivity index (χ3n) is 1.57. The number of phenols is 1. The van der Waals surface area contributed by atoms with Gasteiger partial charge in [-0.1, -0.05) is 21.5 Å². The molecule has 0 aliphatic carbocycles. The molecule has 60 valence electrons. The van der Waals surface area contributed by atoms with E-state index >= 15 is 0 Å². The van der Waals surface area contributed by atoms with Crippen LogP contribution in [0, 0.1) is 6.92 Å². The lowest BCUT2D eigenvalue weighted by atomic mass is 10.1.